The summed E-state index contributed by atoms with van der Waals surface area (Å²) in [6.45, 7) is 1.40. The predicted octanol–water partition coefficient (Wildman–Crippen LogP) is 1.60. The summed E-state index contributed by atoms with van der Waals surface area (Å²) in [5.41, 5.74) is 0.999. The maximum absolute atomic E-state index is 12.1. The summed E-state index contributed by atoms with van der Waals surface area (Å²) in [6, 6.07) is 8.30. The number of nitro groups is 1. The molecule has 8 nitrogen and oxygen atoms in total. The highest BCUT2D eigenvalue weighted by Crippen LogP contribution is 2.24. The number of aromatic nitrogens is 2. The monoisotopic (exact) mass is 329 g/mol. The van der Waals surface area contributed by atoms with Crippen LogP contribution in [-0.4, -0.2) is 51.7 Å². The molecule has 0 saturated heterocycles. The third kappa shape index (κ3) is 3.77. The second-order valence-corrected chi connectivity index (χ2v) is 5.89. The smallest absolute Gasteiger partial charge is 0.271 e. The first-order valence-corrected chi connectivity index (χ1v) is 7.83. The SMILES string of the molecule is CN(CCNC(=O)c1ccn(-c2ccc([N+](=O)[O-])cc2)n1)C1CC1. The highest BCUT2D eigenvalue weighted by molar-refractivity contribution is 5.92. The fourth-order valence-corrected chi connectivity index (χ4v) is 2.45. The molecule has 0 bridgehead atoms. The van der Waals surface area contributed by atoms with E-state index >= 15 is 0 Å². The Balaban J connectivity index is 1.57. The Morgan fingerprint density at radius 2 is 2.08 bits per heavy atom. The van der Waals surface area contributed by atoms with E-state index in [0.29, 0.717) is 24.0 Å². The van der Waals surface area contributed by atoms with Gasteiger partial charge in [-0.05, 0) is 38.1 Å². The normalized spacial score (nSPS) is 13.9. The number of carbonyl (C=O) groups excluding carboxylic acids is 1. The molecule has 2 aromatic rings. The van der Waals surface area contributed by atoms with E-state index in [0.717, 1.165) is 6.54 Å². The molecule has 0 atom stereocenters. The van der Waals surface area contributed by atoms with E-state index in [2.05, 4.69) is 22.4 Å². The van der Waals surface area contributed by atoms with Gasteiger partial charge in [-0.3, -0.25) is 14.9 Å². The molecule has 126 valence electrons. The average Bonchev–Trinajstić information content (AvgIpc) is 3.31. The second kappa shape index (κ2) is 6.79. The van der Waals surface area contributed by atoms with Crippen molar-refractivity contribution in [2.45, 2.75) is 18.9 Å². The van der Waals surface area contributed by atoms with Crippen LogP contribution in [0, 0.1) is 10.1 Å². The molecule has 24 heavy (non-hydrogen) atoms. The predicted molar refractivity (Wildman–Crippen MR) is 88.2 cm³/mol. The summed E-state index contributed by atoms with van der Waals surface area (Å²) in [6.07, 6.45) is 4.14. The van der Waals surface area contributed by atoms with Crippen molar-refractivity contribution in [1.29, 1.82) is 0 Å². The van der Waals surface area contributed by atoms with Crippen LogP contribution >= 0.6 is 0 Å². The molecule has 0 aliphatic heterocycles. The number of amides is 1. The maximum atomic E-state index is 12.1. The van der Waals surface area contributed by atoms with E-state index in [9.17, 15) is 14.9 Å². The van der Waals surface area contributed by atoms with Gasteiger partial charge in [-0.1, -0.05) is 0 Å². The fourth-order valence-electron chi connectivity index (χ4n) is 2.45. The molecule has 0 unspecified atom stereocenters. The molecule has 1 N–H and O–H groups in total. The summed E-state index contributed by atoms with van der Waals surface area (Å²) in [5, 5.41) is 17.7. The molecule has 1 heterocycles. The Morgan fingerprint density at radius 3 is 2.71 bits per heavy atom. The lowest BCUT2D eigenvalue weighted by Crippen LogP contribution is -2.34. The van der Waals surface area contributed by atoms with Gasteiger partial charge in [0.05, 0.1) is 10.6 Å². The summed E-state index contributed by atoms with van der Waals surface area (Å²) in [7, 11) is 2.06. The van der Waals surface area contributed by atoms with Crippen LogP contribution in [-0.2, 0) is 0 Å². The van der Waals surface area contributed by atoms with Gasteiger partial charge in [-0.25, -0.2) is 4.68 Å². The zero-order chi connectivity index (χ0) is 17.1. The number of nitrogens with zero attached hydrogens (tertiary/aromatic N) is 4. The summed E-state index contributed by atoms with van der Waals surface area (Å²) in [5.74, 6) is -0.222. The van der Waals surface area contributed by atoms with E-state index in [1.165, 1.54) is 29.7 Å². The van der Waals surface area contributed by atoms with Crippen LogP contribution in [0.2, 0.25) is 0 Å². The topological polar surface area (TPSA) is 93.3 Å². The van der Waals surface area contributed by atoms with E-state index in [1.54, 1.807) is 24.4 Å². The van der Waals surface area contributed by atoms with Crippen molar-refractivity contribution in [2.24, 2.45) is 0 Å². The highest BCUT2D eigenvalue weighted by Gasteiger charge is 2.25. The van der Waals surface area contributed by atoms with Crippen LogP contribution < -0.4 is 5.32 Å². The minimum absolute atomic E-state index is 0.0173. The van der Waals surface area contributed by atoms with E-state index in [4.69, 9.17) is 0 Å². The Bertz CT molecular complexity index is 736. The Labute approximate surface area is 139 Å². The summed E-state index contributed by atoms with van der Waals surface area (Å²) in [4.78, 5) is 24.6. The molecule has 0 spiro atoms. The van der Waals surface area contributed by atoms with Gasteiger partial charge in [0, 0.05) is 37.5 Å². The van der Waals surface area contributed by atoms with Crippen LogP contribution in [0.1, 0.15) is 23.3 Å². The van der Waals surface area contributed by atoms with Crippen molar-refractivity contribution in [1.82, 2.24) is 20.0 Å². The maximum Gasteiger partial charge on any atom is 0.271 e. The van der Waals surface area contributed by atoms with Gasteiger partial charge in [0.2, 0.25) is 0 Å². The Kier molecular flexibility index (Phi) is 4.57. The number of hydrogen-bond donors (Lipinski definition) is 1. The zero-order valence-corrected chi connectivity index (χ0v) is 13.4. The molecule has 1 aliphatic rings. The van der Waals surface area contributed by atoms with Gasteiger partial charge >= 0.3 is 0 Å². The largest absolute Gasteiger partial charge is 0.349 e. The quantitative estimate of drug-likeness (QED) is 0.615. The first-order chi connectivity index (χ1) is 11.5. The minimum Gasteiger partial charge on any atom is -0.349 e. The molecule has 3 rings (SSSR count). The molecule has 1 aromatic carbocycles. The number of benzene rings is 1. The van der Waals surface area contributed by atoms with Crippen molar-refractivity contribution in [3.05, 3.63) is 52.3 Å². The van der Waals surface area contributed by atoms with Crippen molar-refractivity contribution in [3.8, 4) is 5.69 Å². The second-order valence-electron chi connectivity index (χ2n) is 5.89. The Morgan fingerprint density at radius 1 is 1.38 bits per heavy atom. The Hall–Kier alpha value is -2.74. The van der Waals surface area contributed by atoms with Gasteiger partial charge in [-0.2, -0.15) is 5.10 Å². The van der Waals surface area contributed by atoms with Crippen LogP contribution in [0.3, 0.4) is 0 Å². The molecular formula is C16H19N5O3. The van der Waals surface area contributed by atoms with Crippen LogP contribution in [0.25, 0.3) is 5.69 Å². The molecule has 8 heteroatoms. The lowest BCUT2D eigenvalue weighted by atomic mass is 10.3. The third-order valence-electron chi connectivity index (χ3n) is 4.07. The average molecular weight is 329 g/mol. The lowest BCUT2D eigenvalue weighted by Gasteiger charge is -2.15. The van der Waals surface area contributed by atoms with Crippen molar-refractivity contribution >= 4 is 11.6 Å². The van der Waals surface area contributed by atoms with E-state index in [-0.39, 0.29) is 11.6 Å². The number of non-ortho nitro benzene ring substituents is 1. The van der Waals surface area contributed by atoms with Gasteiger partial charge in [0.25, 0.3) is 11.6 Å². The number of likely N-dealkylation sites (N-methyl/N-ethyl adjacent to an activating group) is 1. The van der Waals surface area contributed by atoms with Crippen molar-refractivity contribution in [2.75, 3.05) is 20.1 Å². The van der Waals surface area contributed by atoms with E-state index in [1.807, 2.05) is 0 Å². The number of carbonyl (C=O) groups is 1. The molecule has 1 amide bonds. The first-order valence-electron chi connectivity index (χ1n) is 7.83. The standard InChI is InChI=1S/C16H19N5O3/c1-19(12-2-3-12)11-9-17-16(22)15-8-10-20(18-15)13-4-6-14(7-5-13)21(23)24/h4-8,10,12H,2-3,9,11H2,1H3,(H,17,22). The van der Waals surface area contributed by atoms with Crippen LogP contribution in [0.5, 0.6) is 0 Å². The van der Waals surface area contributed by atoms with E-state index < -0.39 is 4.92 Å². The summed E-state index contributed by atoms with van der Waals surface area (Å²) < 4.78 is 1.52. The number of hydrogen-bond acceptors (Lipinski definition) is 5. The van der Waals surface area contributed by atoms with Crippen LogP contribution in [0.15, 0.2) is 36.5 Å². The molecule has 0 radical (unpaired) electrons. The molecule has 1 saturated carbocycles. The van der Waals surface area contributed by atoms with Gasteiger partial charge < -0.3 is 10.2 Å². The molecular weight excluding hydrogens is 310 g/mol. The first kappa shape index (κ1) is 16.1. The lowest BCUT2D eigenvalue weighted by molar-refractivity contribution is -0.384. The molecule has 1 aromatic heterocycles. The van der Waals surface area contributed by atoms with Gasteiger partial charge in [0.15, 0.2) is 5.69 Å². The highest BCUT2D eigenvalue weighted by atomic mass is 16.6. The fraction of sp³-hybridized carbons (Fsp3) is 0.375. The number of nitrogens with one attached hydrogen (secondary N) is 1. The molecule has 1 aliphatic carbocycles. The van der Waals surface area contributed by atoms with Crippen molar-refractivity contribution in [3.63, 3.8) is 0 Å². The van der Waals surface area contributed by atoms with Gasteiger partial charge in [-0.15, -0.1) is 0 Å². The zero-order valence-electron chi connectivity index (χ0n) is 13.4. The molecule has 1 fully saturated rings. The van der Waals surface area contributed by atoms with Crippen LogP contribution in [0.4, 0.5) is 5.69 Å². The van der Waals surface area contributed by atoms with Gasteiger partial charge in [0.1, 0.15) is 0 Å². The number of nitro benzene ring substituents is 1. The summed E-state index contributed by atoms with van der Waals surface area (Å²) >= 11 is 0. The minimum atomic E-state index is -0.454. The number of rotatable bonds is 7. The third-order valence-corrected chi connectivity index (χ3v) is 4.07. The van der Waals surface area contributed by atoms with Crippen molar-refractivity contribution < 1.29 is 9.72 Å².